The summed E-state index contributed by atoms with van der Waals surface area (Å²) in [5.74, 6) is -0.928. The number of likely N-dealkylation sites (tertiary alicyclic amines) is 1. The van der Waals surface area contributed by atoms with Crippen LogP contribution in [0.3, 0.4) is 0 Å². The van der Waals surface area contributed by atoms with Crippen LogP contribution in [0, 0.1) is 11.7 Å². The number of esters is 1. The molecule has 2 aliphatic heterocycles. The first-order chi connectivity index (χ1) is 16.1. The third-order valence-electron chi connectivity index (χ3n) is 6.74. The zero-order valence-electron chi connectivity index (χ0n) is 19.8. The Morgan fingerprint density at radius 2 is 2.00 bits per heavy atom. The number of halogens is 2. The number of nitrogens with zero attached hydrogens (tertiary/aromatic N) is 3. The molecule has 0 aliphatic carbocycles. The first-order valence-electron chi connectivity index (χ1n) is 11.3. The minimum absolute atomic E-state index is 0.00161. The number of rotatable bonds is 5. The topological polar surface area (TPSA) is 72.0 Å². The fourth-order valence-electron chi connectivity index (χ4n) is 4.83. The van der Waals surface area contributed by atoms with Gasteiger partial charge in [0.2, 0.25) is 0 Å². The molecule has 4 rings (SSSR count). The molecule has 2 atom stereocenters. The third kappa shape index (κ3) is 4.61. The summed E-state index contributed by atoms with van der Waals surface area (Å²) >= 11 is 5.86. The van der Waals surface area contributed by atoms with Gasteiger partial charge in [-0.15, -0.1) is 0 Å². The predicted molar refractivity (Wildman–Crippen MR) is 127 cm³/mol. The van der Waals surface area contributed by atoms with Crippen LogP contribution >= 0.6 is 11.6 Å². The van der Waals surface area contributed by atoms with E-state index >= 15 is 0 Å². The van der Waals surface area contributed by atoms with Crippen molar-refractivity contribution in [3.05, 3.63) is 52.6 Å². The van der Waals surface area contributed by atoms with Crippen LogP contribution in [0.2, 0.25) is 5.02 Å². The summed E-state index contributed by atoms with van der Waals surface area (Å²) in [6, 6.07) is 8.31. The van der Waals surface area contributed by atoms with Crippen molar-refractivity contribution in [2.75, 3.05) is 38.8 Å². The number of anilines is 2. The summed E-state index contributed by atoms with van der Waals surface area (Å²) in [7, 11) is 2.96. The quantitative estimate of drug-likeness (QED) is 0.582. The Kier molecular flexibility index (Phi) is 6.82. The van der Waals surface area contributed by atoms with Gasteiger partial charge >= 0.3 is 5.97 Å². The van der Waals surface area contributed by atoms with Gasteiger partial charge in [-0.1, -0.05) is 25.4 Å². The van der Waals surface area contributed by atoms with Crippen molar-refractivity contribution in [2.24, 2.45) is 5.92 Å². The SMILES string of the molecule is COC(=O)C[C@@H]1CCN(C(=O)c2ccc3c(n2)C(C)(C)CN3c2ccc(Cl)c(F)c2)C[C@H]1OC. The van der Waals surface area contributed by atoms with Crippen LogP contribution in [0.5, 0.6) is 0 Å². The number of fused-ring (bicyclic) bond motifs is 1. The Hall–Kier alpha value is -2.71. The highest BCUT2D eigenvalue weighted by Crippen LogP contribution is 2.43. The molecule has 1 saturated heterocycles. The number of amides is 1. The highest BCUT2D eigenvalue weighted by Gasteiger charge is 2.39. The molecule has 0 bridgehead atoms. The van der Waals surface area contributed by atoms with E-state index in [0.29, 0.717) is 37.4 Å². The number of benzene rings is 1. The molecule has 1 aromatic carbocycles. The number of ether oxygens (including phenoxy) is 2. The summed E-state index contributed by atoms with van der Waals surface area (Å²) in [5.41, 5.74) is 2.33. The molecular formula is C25H29ClFN3O4. The van der Waals surface area contributed by atoms with E-state index in [0.717, 1.165) is 11.4 Å². The van der Waals surface area contributed by atoms with Crippen molar-refractivity contribution in [3.63, 3.8) is 0 Å². The number of hydrogen-bond donors (Lipinski definition) is 0. The molecule has 3 heterocycles. The van der Waals surface area contributed by atoms with E-state index in [2.05, 4.69) is 13.8 Å². The molecule has 0 radical (unpaired) electrons. The van der Waals surface area contributed by atoms with Gasteiger partial charge in [-0.3, -0.25) is 9.59 Å². The number of methoxy groups -OCH3 is 2. The van der Waals surface area contributed by atoms with E-state index in [1.165, 1.54) is 13.2 Å². The largest absolute Gasteiger partial charge is 0.469 e. The highest BCUT2D eigenvalue weighted by molar-refractivity contribution is 6.30. The number of hydrogen-bond acceptors (Lipinski definition) is 6. The van der Waals surface area contributed by atoms with Crippen LogP contribution in [0.25, 0.3) is 0 Å². The van der Waals surface area contributed by atoms with Gasteiger partial charge in [-0.25, -0.2) is 9.37 Å². The summed E-state index contributed by atoms with van der Waals surface area (Å²) in [6.07, 6.45) is 0.660. The first kappa shape index (κ1) is 24.4. The molecule has 0 unspecified atom stereocenters. The highest BCUT2D eigenvalue weighted by atomic mass is 35.5. The van der Waals surface area contributed by atoms with Crippen LogP contribution in [0.4, 0.5) is 15.8 Å². The van der Waals surface area contributed by atoms with Gasteiger partial charge in [-0.2, -0.15) is 0 Å². The van der Waals surface area contributed by atoms with E-state index in [9.17, 15) is 14.0 Å². The van der Waals surface area contributed by atoms with Crippen LogP contribution < -0.4 is 4.90 Å². The zero-order chi connectivity index (χ0) is 24.6. The summed E-state index contributed by atoms with van der Waals surface area (Å²) in [5, 5.41) is 0.0752. The lowest BCUT2D eigenvalue weighted by Gasteiger charge is -2.37. The fraction of sp³-hybridized carbons (Fsp3) is 0.480. The first-order valence-corrected chi connectivity index (χ1v) is 11.7. The molecule has 182 valence electrons. The van der Waals surface area contributed by atoms with Crippen molar-refractivity contribution >= 4 is 34.9 Å². The third-order valence-corrected chi connectivity index (χ3v) is 7.04. The second-order valence-corrected chi connectivity index (χ2v) is 9.89. The van der Waals surface area contributed by atoms with E-state index in [4.69, 9.17) is 26.1 Å². The number of pyridine rings is 1. The van der Waals surface area contributed by atoms with Crippen molar-refractivity contribution < 1.29 is 23.5 Å². The van der Waals surface area contributed by atoms with E-state index in [1.54, 1.807) is 30.2 Å². The maximum atomic E-state index is 14.1. The van der Waals surface area contributed by atoms with Gasteiger partial charge in [0.1, 0.15) is 11.5 Å². The molecule has 2 aromatic rings. The number of carbonyl (C=O) groups is 2. The van der Waals surface area contributed by atoms with Crippen molar-refractivity contribution in [2.45, 2.75) is 38.2 Å². The minimum Gasteiger partial charge on any atom is -0.469 e. The van der Waals surface area contributed by atoms with Gasteiger partial charge < -0.3 is 19.3 Å². The Bertz CT molecular complexity index is 1110. The average molecular weight is 490 g/mol. The lowest BCUT2D eigenvalue weighted by atomic mass is 9.90. The summed E-state index contributed by atoms with van der Waals surface area (Å²) in [4.78, 5) is 33.5. The Balaban J connectivity index is 1.56. The number of carbonyl (C=O) groups excluding carboxylic acids is 2. The summed E-state index contributed by atoms with van der Waals surface area (Å²) in [6.45, 7) is 5.60. The molecule has 9 heteroatoms. The fourth-order valence-corrected chi connectivity index (χ4v) is 4.95. The molecule has 1 amide bonds. The summed E-state index contributed by atoms with van der Waals surface area (Å²) < 4.78 is 24.5. The van der Waals surface area contributed by atoms with Crippen LogP contribution in [0.15, 0.2) is 30.3 Å². The normalized spacial score (nSPS) is 21.4. The van der Waals surface area contributed by atoms with E-state index in [-0.39, 0.29) is 40.8 Å². The lowest BCUT2D eigenvalue weighted by molar-refractivity contribution is -0.143. The van der Waals surface area contributed by atoms with Crippen molar-refractivity contribution in [1.29, 1.82) is 0 Å². The van der Waals surface area contributed by atoms with Gasteiger partial charge in [0.25, 0.3) is 5.91 Å². The zero-order valence-corrected chi connectivity index (χ0v) is 20.6. The van der Waals surface area contributed by atoms with Crippen LogP contribution in [-0.4, -0.2) is 61.7 Å². The van der Waals surface area contributed by atoms with Gasteiger partial charge in [0.15, 0.2) is 0 Å². The standard InChI is InChI=1S/C25H29ClFN3O4/c1-25(2)14-30(16-5-6-17(26)18(27)12-16)20-8-7-19(28-23(20)25)24(32)29-10-9-15(11-22(31)34-4)21(13-29)33-3/h5-8,12,15,21H,9-11,13-14H2,1-4H3/t15-,21+/m0/s1. The Morgan fingerprint density at radius 3 is 2.68 bits per heavy atom. The van der Waals surface area contributed by atoms with Crippen LogP contribution in [0.1, 0.15) is 42.9 Å². The van der Waals surface area contributed by atoms with Crippen LogP contribution in [-0.2, 0) is 19.7 Å². The maximum absolute atomic E-state index is 14.1. The second kappa shape index (κ2) is 9.50. The van der Waals surface area contributed by atoms with Gasteiger partial charge in [-0.05, 0) is 42.7 Å². The lowest BCUT2D eigenvalue weighted by Crippen LogP contribution is -2.48. The molecule has 34 heavy (non-hydrogen) atoms. The Labute approximate surface area is 203 Å². The van der Waals surface area contributed by atoms with E-state index in [1.807, 2.05) is 11.0 Å². The van der Waals surface area contributed by atoms with Crippen molar-refractivity contribution in [3.8, 4) is 0 Å². The molecule has 1 aromatic heterocycles. The molecular weight excluding hydrogens is 461 g/mol. The molecule has 2 aliphatic rings. The monoisotopic (exact) mass is 489 g/mol. The molecule has 1 fully saturated rings. The number of piperidine rings is 1. The molecule has 0 N–H and O–H groups in total. The maximum Gasteiger partial charge on any atom is 0.305 e. The molecule has 0 saturated carbocycles. The molecule has 7 nitrogen and oxygen atoms in total. The predicted octanol–water partition coefficient (Wildman–Crippen LogP) is 4.34. The smallest absolute Gasteiger partial charge is 0.305 e. The van der Waals surface area contributed by atoms with Crippen molar-refractivity contribution in [1.82, 2.24) is 9.88 Å². The average Bonchev–Trinajstić information content (AvgIpc) is 3.10. The Morgan fingerprint density at radius 1 is 1.24 bits per heavy atom. The second-order valence-electron chi connectivity index (χ2n) is 9.49. The molecule has 0 spiro atoms. The van der Waals surface area contributed by atoms with Gasteiger partial charge in [0.05, 0.1) is 36.0 Å². The van der Waals surface area contributed by atoms with E-state index < -0.39 is 5.82 Å². The minimum atomic E-state index is -0.478. The van der Waals surface area contributed by atoms with Gasteiger partial charge in [0, 0.05) is 37.8 Å². The number of aromatic nitrogens is 1.